The molecule has 1 fully saturated rings. The Balaban J connectivity index is 0.00000364. The van der Waals surface area contributed by atoms with E-state index in [9.17, 15) is 0 Å². The maximum Gasteiger partial charge on any atom is 0.191 e. The molecule has 0 aromatic heterocycles. The van der Waals surface area contributed by atoms with Crippen molar-refractivity contribution >= 4 is 41.7 Å². The SMILES string of the molecule is CCNC(=NCC1(c2ccc(OCC)cc2)CCOCC1)NCCSC.I. The molecule has 1 heterocycles. The van der Waals surface area contributed by atoms with Gasteiger partial charge in [-0.3, -0.25) is 4.99 Å². The van der Waals surface area contributed by atoms with Crippen LogP contribution in [-0.2, 0) is 10.2 Å². The second-order valence-corrected chi connectivity index (χ2v) is 7.45. The Bertz CT molecular complexity index is 549. The quantitative estimate of drug-likeness (QED) is 0.231. The molecule has 1 aliphatic heterocycles. The van der Waals surface area contributed by atoms with Gasteiger partial charge in [-0.1, -0.05) is 12.1 Å². The molecule has 0 bridgehead atoms. The van der Waals surface area contributed by atoms with Gasteiger partial charge in [0.15, 0.2) is 5.96 Å². The standard InChI is InChI=1S/C20H33N3O2S.HI/c1-4-21-19(22-12-15-26-3)23-16-20(10-13-24-14-11-20)17-6-8-18(9-7-17)25-5-2;/h6-9H,4-5,10-16H2,1-3H3,(H2,21,22,23);1H. The zero-order valence-electron chi connectivity index (χ0n) is 16.8. The van der Waals surface area contributed by atoms with E-state index in [1.807, 2.05) is 18.7 Å². The minimum atomic E-state index is 0. The van der Waals surface area contributed by atoms with Crippen molar-refractivity contribution in [2.75, 3.05) is 51.5 Å². The van der Waals surface area contributed by atoms with Crippen molar-refractivity contribution in [1.82, 2.24) is 10.6 Å². The lowest BCUT2D eigenvalue weighted by molar-refractivity contribution is 0.0531. The van der Waals surface area contributed by atoms with Gasteiger partial charge >= 0.3 is 0 Å². The summed E-state index contributed by atoms with van der Waals surface area (Å²) >= 11 is 1.84. The summed E-state index contributed by atoms with van der Waals surface area (Å²) in [6.07, 6.45) is 4.11. The number of nitrogens with zero attached hydrogens (tertiary/aromatic N) is 1. The highest BCUT2D eigenvalue weighted by molar-refractivity contribution is 14.0. The highest BCUT2D eigenvalue weighted by Gasteiger charge is 2.34. The van der Waals surface area contributed by atoms with Crippen LogP contribution in [0.2, 0.25) is 0 Å². The van der Waals surface area contributed by atoms with Crippen molar-refractivity contribution in [3.8, 4) is 5.75 Å². The number of hydrogen-bond donors (Lipinski definition) is 2. The summed E-state index contributed by atoms with van der Waals surface area (Å²) in [5, 5.41) is 6.78. The Labute approximate surface area is 185 Å². The summed E-state index contributed by atoms with van der Waals surface area (Å²) in [5.41, 5.74) is 1.36. The lowest BCUT2D eigenvalue weighted by Crippen LogP contribution is -2.41. The molecule has 0 spiro atoms. The third kappa shape index (κ3) is 7.69. The maximum atomic E-state index is 5.64. The van der Waals surface area contributed by atoms with Gasteiger partial charge in [0.25, 0.3) is 0 Å². The molecule has 27 heavy (non-hydrogen) atoms. The van der Waals surface area contributed by atoms with E-state index in [0.717, 1.165) is 63.2 Å². The minimum absolute atomic E-state index is 0. The molecule has 0 radical (unpaired) electrons. The van der Waals surface area contributed by atoms with Crippen molar-refractivity contribution in [3.05, 3.63) is 29.8 Å². The van der Waals surface area contributed by atoms with Gasteiger partial charge in [0.05, 0.1) is 13.2 Å². The molecule has 154 valence electrons. The first-order valence-corrected chi connectivity index (χ1v) is 11.0. The first-order chi connectivity index (χ1) is 12.7. The third-order valence-corrected chi connectivity index (χ3v) is 5.32. The van der Waals surface area contributed by atoms with Crippen LogP contribution >= 0.6 is 35.7 Å². The number of benzene rings is 1. The molecular weight excluding hydrogens is 473 g/mol. The lowest BCUT2D eigenvalue weighted by Gasteiger charge is -2.36. The van der Waals surface area contributed by atoms with Gasteiger partial charge in [-0.05, 0) is 50.6 Å². The van der Waals surface area contributed by atoms with E-state index in [1.165, 1.54) is 5.56 Å². The Kier molecular flexibility index (Phi) is 12.2. The second-order valence-electron chi connectivity index (χ2n) is 6.46. The molecule has 1 aromatic carbocycles. The Morgan fingerprint density at radius 2 is 1.89 bits per heavy atom. The summed E-state index contributed by atoms with van der Waals surface area (Å²) in [6, 6.07) is 8.53. The average Bonchev–Trinajstić information content (AvgIpc) is 2.68. The Morgan fingerprint density at radius 3 is 2.48 bits per heavy atom. The number of guanidine groups is 1. The van der Waals surface area contributed by atoms with Crippen LogP contribution in [0.3, 0.4) is 0 Å². The smallest absolute Gasteiger partial charge is 0.191 e. The minimum Gasteiger partial charge on any atom is -0.494 e. The van der Waals surface area contributed by atoms with Crippen molar-refractivity contribution in [1.29, 1.82) is 0 Å². The molecule has 0 atom stereocenters. The van der Waals surface area contributed by atoms with E-state index in [-0.39, 0.29) is 29.4 Å². The van der Waals surface area contributed by atoms with E-state index in [4.69, 9.17) is 14.5 Å². The summed E-state index contributed by atoms with van der Waals surface area (Å²) in [5.74, 6) is 2.90. The van der Waals surface area contributed by atoms with Crippen LogP contribution in [0.25, 0.3) is 0 Å². The van der Waals surface area contributed by atoms with Gasteiger partial charge in [0.2, 0.25) is 0 Å². The first-order valence-electron chi connectivity index (χ1n) is 9.56. The van der Waals surface area contributed by atoms with Gasteiger partial charge in [0.1, 0.15) is 5.75 Å². The molecule has 1 saturated heterocycles. The fourth-order valence-electron chi connectivity index (χ4n) is 3.22. The number of aliphatic imine (C=N–C) groups is 1. The summed E-state index contributed by atoms with van der Waals surface area (Å²) in [6.45, 7) is 8.93. The molecule has 0 aliphatic carbocycles. The van der Waals surface area contributed by atoms with Crippen LogP contribution in [0.4, 0.5) is 0 Å². The Hall–Kier alpha value is -0.670. The van der Waals surface area contributed by atoms with Crippen LogP contribution < -0.4 is 15.4 Å². The maximum absolute atomic E-state index is 5.64. The van der Waals surface area contributed by atoms with Gasteiger partial charge in [-0.15, -0.1) is 24.0 Å². The fourth-order valence-corrected chi connectivity index (χ4v) is 3.52. The molecule has 1 aliphatic rings. The predicted molar refractivity (Wildman–Crippen MR) is 127 cm³/mol. The van der Waals surface area contributed by atoms with E-state index in [0.29, 0.717) is 6.61 Å². The molecule has 7 heteroatoms. The van der Waals surface area contributed by atoms with Crippen LogP contribution in [0.5, 0.6) is 5.75 Å². The number of nitrogens with one attached hydrogen (secondary N) is 2. The van der Waals surface area contributed by atoms with Crippen LogP contribution in [0, 0.1) is 0 Å². The van der Waals surface area contributed by atoms with Crippen molar-refractivity contribution in [3.63, 3.8) is 0 Å². The lowest BCUT2D eigenvalue weighted by atomic mass is 9.74. The zero-order chi connectivity index (χ0) is 18.7. The molecule has 2 rings (SSSR count). The monoisotopic (exact) mass is 507 g/mol. The summed E-state index contributed by atoms with van der Waals surface area (Å²) in [4.78, 5) is 4.91. The van der Waals surface area contributed by atoms with Gasteiger partial charge < -0.3 is 20.1 Å². The zero-order valence-corrected chi connectivity index (χ0v) is 19.9. The predicted octanol–water partition coefficient (Wildman–Crippen LogP) is 3.67. The third-order valence-electron chi connectivity index (χ3n) is 4.71. The normalized spacial score (nSPS) is 16.3. The summed E-state index contributed by atoms with van der Waals surface area (Å²) < 4.78 is 11.2. The van der Waals surface area contributed by atoms with Crippen LogP contribution in [0.1, 0.15) is 32.3 Å². The van der Waals surface area contributed by atoms with Gasteiger partial charge in [0, 0.05) is 37.5 Å². The number of halogens is 1. The average molecular weight is 507 g/mol. The molecular formula is C20H34IN3O2S. The number of rotatable bonds is 9. The Morgan fingerprint density at radius 1 is 1.19 bits per heavy atom. The van der Waals surface area contributed by atoms with Crippen molar-refractivity contribution in [2.24, 2.45) is 4.99 Å². The topological polar surface area (TPSA) is 54.9 Å². The van der Waals surface area contributed by atoms with E-state index < -0.39 is 0 Å². The highest BCUT2D eigenvalue weighted by Crippen LogP contribution is 2.36. The fraction of sp³-hybridized carbons (Fsp3) is 0.650. The van der Waals surface area contributed by atoms with Crippen molar-refractivity contribution < 1.29 is 9.47 Å². The molecule has 0 saturated carbocycles. The highest BCUT2D eigenvalue weighted by atomic mass is 127. The number of hydrogen-bond acceptors (Lipinski definition) is 4. The van der Waals surface area contributed by atoms with E-state index in [2.05, 4.69) is 48.1 Å². The van der Waals surface area contributed by atoms with Crippen LogP contribution in [-0.4, -0.2) is 57.4 Å². The molecule has 2 N–H and O–H groups in total. The van der Waals surface area contributed by atoms with Crippen molar-refractivity contribution in [2.45, 2.75) is 32.1 Å². The van der Waals surface area contributed by atoms with E-state index in [1.54, 1.807) is 0 Å². The van der Waals surface area contributed by atoms with Gasteiger partial charge in [-0.2, -0.15) is 11.8 Å². The second kappa shape index (κ2) is 13.5. The number of thioether (sulfide) groups is 1. The molecule has 5 nitrogen and oxygen atoms in total. The van der Waals surface area contributed by atoms with E-state index >= 15 is 0 Å². The van der Waals surface area contributed by atoms with Gasteiger partial charge in [-0.25, -0.2) is 0 Å². The molecule has 1 aromatic rings. The molecule has 0 amide bonds. The largest absolute Gasteiger partial charge is 0.494 e. The first kappa shape index (κ1) is 24.4. The number of ether oxygens (including phenoxy) is 2. The van der Waals surface area contributed by atoms with Crippen LogP contribution in [0.15, 0.2) is 29.3 Å². The molecule has 0 unspecified atom stereocenters. The summed E-state index contributed by atoms with van der Waals surface area (Å²) in [7, 11) is 0.